The van der Waals surface area contributed by atoms with Gasteiger partial charge in [0.15, 0.2) is 0 Å². The standard InChI is InChI=1S/C19H27F2N3O3/c1-14(2)18(26)24-10-8-23(9-11-24)13-17(25)22(3)12-15-4-6-16(7-5-15)27-19(20)21/h4-7,14,19H,8-13H2,1-3H3. The number of ether oxygens (including phenoxy) is 1. The van der Waals surface area contributed by atoms with E-state index in [2.05, 4.69) is 4.74 Å². The lowest BCUT2D eigenvalue weighted by Crippen LogP contribution is -2.52. The molecule has 0 saturated carbocycles. The van der Waals surface area contributed by atoms with E-state index in [4.69, 9.17) is 0 Å². The number of piperazine rings is 1. The molecule has 0 N–H and O–H groups in total. The molecule has 1 aliphatic rings. The van der Waals surface area contributed by atoms with Gasteiger partial charge < -0.3 is 14.5 Å². The Labute approximate surface area is 158 Å². The Kier molecular flexibility index (Phi) is 7.53. The van der Waals surface area contributed by atoms with E-state index in [0.717, 1.165) is 5.56 Å². The summed E-state index contributed by atoms with van der Waals surface area (Å²) in [5, 5.41) is 0. The molecular formula is C19H27F2N3O3. The lowest BCUT2D eigenvalue weighted by Gasteiger charge is -2.35. The first-order valence-corrected chi connectivity index (χ1v) is 9.05. The van der Waals surface area contributed by atoms with Crippen molar-refractivity contribution in [3.8, 4) is 5.75 Å². The van der Waals surface area contributed by atoms with Crippen molar-refractivity contribution in [2.75, 3.05) is 39.8 Å². The summed E-state index contributed by atoms with van der Waals surface area (Å²) in [7, 11) is 1.71. The van der Waals surface area contributed by atoms with Crippen molar-refractivity contribution in [3.63, 3.8) is 0 Å². The molecule has 8 heteroatoms. The number of amides is 2. The number of hydrogen-bond donors (Lipinski definition) is 0. The third kappa shape index (κ3) is 6.46. The number of carbonyl (C=O) groups is 2. The van der Waals surface area contributed by atoms with Crippen molar-refractivity contribution in [3.05, 3.63) is 29.8 Å². The van der Waals surface area contributed by atoms with Gasteiger partial charge in [0.05, 0.1) is 6.54 Å². The van der Waals surface area contributed by atoms with E-state index in [-0.39, 0.29) is 23.5 Å². The minimum Gasteiger partial charge on any atom is -0.435 e. The Bertz CT molecular complexity index is 630. The molecule has 0 atom stereocenters. The molecule has 27 heavy (non-hydrogen) atoms. The number of likely N-dealkylation sites (N-methyl/N-ethyl adjacent to an activating group) is 1. The first-order valence-electron chi connectivity index (χ1n) is 9.05. The molecule has 2 rings (SSSR count). The van der Waals surface area contributed by atoms with Crippen LogP contribution in [0.1, 0.15) is 19.4 Å². The third-order valence-electron chi connectivity index (χ3n) is 4.53. The molecule has 0 unspecified atom stereocenters. The zero-order valence-electron chi connectivity index (χ0n) is 16.0. The van der Waals surface area contributed by atoms with Crippen LogP contribution in [0.25, 0.3) is 0 Å². The zero-order chi connectivity index (χ0) is 20.0. The van der Waals surface area contributed by atoms with Gasteiger partial charge in [0, 0.05) is 45.7 Å². The summed E-state index contributed by atoms with van der Waals surface area (Å²) in [5.41, 5.74) is 0.833. The molecule has 1 aromatic carbocycles. The summed E-state index contributed by atoms with van der Waals surface area (Å²) in [6.45, 7) is 4.25. The predicted molar refractivity (Wildman–Crippen MR) is 97.4 cm³/mol. The Hall–Kier alpha value is -2.22. The van der Waals surface area contributed by atoms with E-state index >= 15 is 0 Å². The second-order valence-electron chi connectivity index (χ2n) is 7.03. The lowest BCUT2D eigenvalue weighted by atomic mass is 10.1. The molecular weight excluding hydrogens is 356 g/mol. The fourth-order valence-corrected chi connectivity index (χ4v) is 2.94. The van der Waals surface area contributed by atoms with E-state index in [1.807, 2.05) is 23.6 Å². The molecule has 0 aliphatic carbocycles. The molecule has 1 aromatic rings. The molecule has 1 aliphatic heterocycles. The Morgan fingerprint density at radius 1 is 1.11 bits per heavy atom. The van der Waals surface area contributed by atoms with Crippen LogP contribution in [0.3, 0.4) is 0 Å². The Morgan fingerprint density at radius 2 is 1.70 bits per heavy atom. The highest BCUT2D eigenvalue weighted by molar-refractivity contribution is 5.79. The molecule has 0 aromatic heterocycles. The minimum absolute atomic E-state index is 0.0122. The predicted octanol–water partition coefficient (Wildman–Crippen LogP) is 2.05. The van der Waals surface area contributed by atoms with Gasteiger partial charge in [-0.2, -0.15) is 8.78 Å². The molecule has 0 spiro atoms. The topological polar surface area (TPSA) is 53.1 Å². The number of halogens is 2. The molecule has 6 nitrogen and oxygen atoms in total. The van der Waals surface area contributed by atoms with Gasteiger partial charge in [0.1, 0.15) is 5.75 Å². The average Bonchev–Trinajstić information content (AvgIpc) is 2.62. The minimum atomic E-state index is -2.85. The van der Waals surface area contributed by atoms with E-state index in [1.54, 1.807) is 24.1 Å². The Balaban J connectivity index is 1.78. The first kappa shape index (κ1) is 21.1. The van der Waals surface area contributed by atoms with E-state index < -0.39 is 6.61 Å². The maximum absolute atomic E-state index is 12.4. The van der Waals surface area contributed by atoms with E-state index in [9.17, 15) is 18.4 Å². The lowest BCUT2D eigenvalue weighted by molar-refractivity contribution is -0.137. The molecule has 1 fully saturated rings. The number of hydrogen-bond acceptors (Lipinski definition) is 4. The Morgan fingerprint density at radius 3 is 2.22 bits per heavy atom. The number of rotatable bonds is 7. The van der Waals surface area contributed by atoms with Crippen LogP contribution >= 0.6 is 0 Å². The zero-order valence-corrected chi connectivity index (χ0v) is 16.0. The molecule has 1 saturated heterocycles. The van der Waals surface area contributed by atoms with Gasteiger partial charge in [-0.15, -0.1) is 0 Å². The number of carbonyl (C=O) groups excluding carboxylic acids is 2. The van der Waals surface area contributed by atoms with Gasteiger partial charge >= 0.3 is 6.61 Å². The van der Waals surface area contributed by atoms with Crippen LogP contribution < -0.4 is 4.74 Å². The van der Waals surface area contributed by atoms with Crippen LogP contribution in [0, 0.1) is 5.92 Å². The van der Waals surface area contributed by atoms with Crippen molar-refractivity contribution in [1.29, 1.82) is 0 Å². The normalized spacial score (nSPS) is 15.3. The monoisotopic (exact) mass is 383 g/mol. The maximum atomic E-state index is 12.4. The maximum Gasteiger partial charge on any atom is 0.387 e. The van der Waals surface area contributed by atoms with Crippen LogP contribution in [0.5, 0.6) is 5.75 Å². The van der Waals surface area contributed by atoms with Gasteiger partial charge in [-0.1, -0.05) is 26.0 Å². The highest BCUT2D eigenvalue weighted by Crippen LogP contribution is 2.16. The van der Waals surface area contributed by atoms with Crippen molar-refractivity contribution in [2.45, 2.75) is 27.0 Å². The quantitative estimate of drug-likeness (QED) is 0.723. The third-order valence-corrected chi connectivity index (χ3v) is 4.53. The number of alkyl halides is 2. The van der Waals surface area contributed by atoms with Gasteiger partial charge in [0.2, 0.25) is 11.8 Å². The summed E-state index contributed by atoms with van der Waals surface area (Å²) in [6, 6.07) is 6.26. The van der Waals surface area contributed by atoms with Crippen LogP contribution in [-0.4, -0.2) is 72.9 Å². The van der Waals surface area contributed by atoms with Gasteiger partial charge in [-0.25, -0.2) is 0 Å². The number of nitrogens with zero attached hydrogens (tertiary/aromatic N) is 3. The first-order chi connectivity index (χ1) is 12.8. The largest absolute Gasteiger partial charge is 0.435 e. The summed E-state index contributed by atoms with van der Waals surface area (Å²) in [4.78, 5) is 29.9. The summed E-state index contributed by atoms with van der Waals surface area (Å²) in [6.07, 6.45) is 0. The van der Waals surface area contributed by atoms with E-state index in [1.165, 1.54) is 12.1 Å². The number of benzene rings is 1. The van der Waals surface area contributed by atoms with Crippen molar-refractivity contribution in [1.82, 2.24) is 14.7 Å². The van der Waals surface area contributed by atoms with Gasteiger partial charge in [0.25, 0.3) is 0 Å². The molecule has 0 bridgehead atoms. The van der Waals surface area contributed by atoms with Gasteiger partial charge in [-0.3, -0.25) is 14.5 Å². The van der Waals surface area contributed by atoms with Crippen molar-refractivity contribution in [2.24, 2.45) is 5.92 Å². The van der Waals surface area contributed by atoms with E-state index in [0.29, 0.717) is 39.3 Å². The molecule has 150 valence electrons. The second-order valence-corrected chi connectivity index (χ2v) is 7.03. The summed E-state index contributed by atoms with van der Waals surface area (Å²) < 4.78 is 28.6. The summed E-state index contributed by atoms with van der Waals surface area (Å²) in [5.74, 6) is 0.210. The molecule has 2 amide bonds. The molecule has 1 heterocycles. The summed E-state index contributed by atoms with van der Waals surface area (Å²) >= 11 is 0. The second kappa shape index (κ2) is 9.64. The molecule has 0 radical (unpaired) electrons. The van der Waals surface area contributed by atoms with Crippen LogP contribution in [0.15, 0.2) is 24.3 Å². The van der Waals surface area contributed by atoms with Crippen LogP contribution in [-0.2, 0) is 16.1 Å². The van der Waals surface area contributed by atoms with Crippen molar-refractivity contribution < 1.29 is 23.1 Å². The highest BCUT2D eigenvalue weighted by atomic mass is 19.3. The SMILES string of the molecule is CC(C)C(=O)N1CCN(CC(=O)N(C)Cc2ccc(OC(F)F)cc2)CC1. The smallest absolute Gasteiger partial charge is 0.387 e. The fraction of sp³-hybridized carbons (Fsp3) is 0.579. The fourth-order valence-electron chi connectivity index (χ4n) is 2.94. The van der Waals surface area contributed by atoms with Crippen LogP contribution in [0.2, 0.25) is 0 Å². The highest BCUT2D eigenvalue weighted by Gasteiger charge is 2.24. The van der Waals surface area contributed by atoms with Crippen molar-refractivity contribution >= 4 is 11.8 Å². The average molecular weight is 383 g/mol. The van der Waals surface area contributed by atoms with Crippen LogP contribution in [0.4, 0.5) is 8.78 Å². The van der Waals surface area contributed by atoms with Gasteiger partial charge in [-0.05, 0) is 17.7 Å².